The molecule has 0 aromatic rings. The first-order valence-corrected chi connectivity index (χ1v) is 4.86. The largest absolute Gasteiger partial charge is 0.481 e. The van der Waals surface area contributed by atoms with Gasteiger partial charge in [-0.05, 0) is 40.5 Å². The first-order valence-electron chi connectivity index (χ1n) is 4.86. The Morgan fingerprint density at radius 3 is 2.14 bits per heavy atom. The number of carboxylic acid groups (broad SMARTS) is 1. The van der Waals surface area contributed by atoms with Gasteiger partial charge in [0.05, 0.1) is 16.9 Å². The van der Waals surface area contributed by atoms with E-state index >= 15 is 0 Å². The van der Waals surface area contributed by atoms with Gasteiger partial charge < -0.3 is 5.11 Å². The highest BCUT2D eigenvalue weighted by atomic mass is 16.4. The van der Waals surface area contributed by atoms with Gasteiger partial charge in [0, 0.05) is 0 Å². The van der Waals surface area contributed by atoms with E-state index in [9.17, 15) is 4.79 Å². The van der Waals surface area contributed by atoms with E-state index in [0.717, 1.165) is 12.8 Å². The lowest BCUT2D eigenvalue weighted by Gasteiger charge is -2.21. The molecule has 14 heavy (non-hydrogen) atoms. The molecule has 0 aliphatic rings. The molecule has 0 bridgehead atoms. The smallest absolute Gasteiger partial charge is 0.309 e. The molecule has 0 aliphatic carbocycles. The molecule has 0 heterocycles. The monoisotopic (exact) mass is 197 g/mol. The summed E-state index contributed by atoms with van der Waals surface area (Å²) in [5.74, 6) is -0.771. The van der Waals surface area contributed by atoms with Crippen molar-refractivity contribution in [1.29, 1.82) is 5.26 Å². The van der Waals surface area contributed by atoms with Crippen LogP contribution in [0.15, 0.2) is 0 Å². The third-order valence-electron chi connectivity index (χ3n) is 2.49. The minimum atomic E-state index is -0.771. The minimum Gasteiger partial charge on any atom is -0.481 e. The average molecular weight is 197 g/mol. The Kier molecular flexibility index (Phi) is 4.12. The van der Waals surface area contributed by atoms with Crippen LogP contribution >= 0.6 is 0 Å². The lowest BCUT2D eigenvalue weighted by atomic mass is 9.82. The van der Waals surface area contributed by atoms with Gasteiger partial charge in [-0.25, -0.2) is 0 Å². The van der Waals surface area contributed by atoms with Crippen molar-refractivity contribution in [1.82, 2.24) is 0 Å². The zero-order valence-corrected chi connectivity index (χ0v) is 9.42. The molecule has 0 aromatic heterocycles. The number of carboxylic acids is 1. The van der Waals surface area contributed by atoms with E-state index in [1.54, 1.807) is 13.8 Å². The van der Waals surface area contributed by atoms with Gasteiger partial charge in [-0.2, -0.15) is 5.26 Å². The standard InChI is InChI=1S/C11H19NO2/c1-10(2,8-12)6-5-7-11(3,4)9(13)14/h5-7H2,1-4H3,(H,13,14). The molecule has 0 fully saturated rings. The van der Waals surface area contributed by atoms with Crippen LogP contribution in [0.2, 0.25) is 0 Å². The third kappa shape index (κ3) is 4.27. The van der Waals surface area contributed by atoms with Crippen LogP contribution in [0.5, 0.6) is 0 Å². The SMILES string of the molecule is CC(C)(C#N)CCCC(C)(C)C(=O)O. The molecule has 0 spiro atoms. The molecule has 0 atom stereocenters. The van der Waals surface area contributed by atoms with Crippen molar-refractivity contribution in [3.05, 3.63) is 0 Å². The van der Waals surface area contributed by atoms with Gasteiger partial charge in [0.2, 0.25) is 0 Å². The maximum absolute atomic E-state index is 10.8. The van der Waals surface area contributed by atoms with Crippen LogP contribution in [0.3, 0.4) is 0 Å². The van der Waals surface area contributed by atoms with E-state index in [1.807, 2.05) is 13.8 Å². The number of hydrogen-bond acceptors (Lipinski definition) is 2. The highest BCUT2D eigenvalue weighted by Gasteiger charge is 2.27. The number of carbonyl (C=O) groups is 1. The topological polar surface area (TPSA) is 61.1 Å². The fourth-order valence-electron chi connectivity index (χ4n) is 1.14. The zero-order chi connectivity index (χ0) is 11.4. The predicted molar refractivity (Wildman–Crippen MR) is 54.7 cm³/mol. The van der Waals surface area contributed by atoms with Crippen molar-refractivity contribution in [3.63, 3.8) is 0 Å². The second-order valence-corrected chi connectivity index (χ2v) is 5.04. The molecule has 0 radical (unpaired) electrons. The molecule has 0 unspecified atom stereocenters. The van der Waals surface area contributed by atoms with Gasteiger partial charge in [0.25, 0.3) is 0 Å². The van der Waals surface area contributed by atoms with Crippen LogP contribution < -0.4 is 0 Å². The van der Waals surface area contributed by atoms with Crippen molar-refractivity contribution < 1.29 is 9.90 Å². The average Bonchev–Trinajstić information content (AvgIpc) is 2.03. The number of nitriles is 1. The Bertz CT molecular complexity index is 249. The lowest BCUT2D eigenvalue weighted by molar-refractivity contribution is -0.147. The molecule has 0 amide bonds. The van der Waals surface area contributed by atoms with Crippen molar-refractivity contribution in [2.24, 2.45) is 10.8 Å². The van der Waals surface area contributed by atoms with Gasteiger partial charge in [-0.1, -0.05) is 6.42 Å². The molecule has 0 saturated carbocycles. The first-order chi connectivity index (χ1) is 6.21. The first kappa shape index (κ1) is 13.0. The van der Waals surface area contributed by atoms with Gasteiger partial charge in [0.15, 0.2) is 0 Å². The Hall–Kier alpha value is -1.04. The number of rotatable bonds is 5. The fourth-order valence-corrected chi connectivity index (χ4v) is 1.14. The predicted octanol–water partition coefficient (Wildman–Crippen LogP) is 2.82. The third-order valence-corrected chi connectivity index (χ3v) is 2.49. The van der Waals surface area contributed by atoms with E-state index < -0.39 is 11.4 Å². The Balaban J connectivity index is 3.99. The lowest BCUT2D eigenvalue weighted by Crippen LogP contribution is -2.24. The molecule has 0 saturated heterocycles. The normalized spacial score (nSPS) is 12.2. The van der Waals surface area contributed by atoms with Gasteiger partial charge >= 0.3 is 5.97 Å². The van der Waals surface area contributed by atoms with E-state index in [0.29, 0.717) is 6.42 Å². The van der Waals surface area contributed by atoms with Crippen molar-refractivity contribution >= 4 is 5.97 Å². The molecule has 0 rings (SSSR count). The number of hydrogen-bond donors (Lipinski definition) is 1. The molecule has 0 aliphatic heterocycles. The van der Waals surface area contributed by atoms with Crippen molar-refractivity contribution in [3.8, 4) is 6.07 Å². The van der Waals surface area contributed by atoms with Gasteiger partial charge in [-0.3, -0.25) is 4.79 Å². The van der Waals surface area contributed by atoms with Crippen LogP contribution in [0.1, 0.15) is 47.0 Å². The van der Waals surface area contributed by atoms with Gasteiger partial charge in [0.1, 0.15) is 0 Å². The minimum absolute atomic E-state index is 0.339. The van der Waals surface area contributed by atoms with E-state index in [2.05, 4.69) is 6.07 Å². The maximum atomic E-state index is 10.8. The highest BCUT2D eigenvalue weighted by molar-refractivity contribution is 5.73. The highest BCUT2D eigenvalue weighted by Crippen LogP contribution is 2.28. The number of aliphatic carboxylic acids is 1. The summed E-state index contributed by atoms with van der Waals surface area (Å²) < 4.78 is 0. The molecule has 0 aromatic carbocycles. The van der Waals surface area contributed by atoms with E-state index in [-0.39, 0.29) is 5.41 Å². The summed E-state index contributed by atoms with van der Waals surface area (Å²) in [5.41, 5.74) is -1.01. The fraction of sp³-hybridized carbons (Fsp3) is 0.818. The van der Waals surface area contributed by atoms with Crippen LogP contribution in [-0.2, 0) is 4.79 Å². The Labute approximate surface area is 85.7 Å². The zero-order valence-electron chi connectivity index (χ0n) is 9.42. The summed E-state index contributed by atoms with van der Waals surface area (Å²) >= 11 is 0. The molecular formula is C11H19NO2. The molecule has 80 valence electrons. The summed E-state index contributed by atoms with van der Waals surface area (Å²) in [6.07, 6.45) is 2.15. The summed E-state index contributed by atoms with van der Waals surface area (Å²) in [5, 5.41) is 17.6. The Morgan fingerprint density at radius 2 is 1.79 bits per heavy atom. The molecular weight excluding hydrogens is 178 g/mol. The Morgan fingerprint density at radius 1 is 1.29 bits per heavy atom. The second-order valence-electron chi connectivity index (χ2n) is 5.04. The summed E-state index contributed by atoms with van der Waals surface area (Å²) in [6, 6.07) is 2.21. The summed E-state index contributed by atoms with van der Waals surface area (Å²) in [4.78, 5) is 10.8. The molecule has 1 N–H and O–H groups in total. The van der Waals surface area contributed by atoms with Gasteiger partial charge in [-0.15, -0.1) is 0 Å². The number of nitrogens with zero attached hydrogens (tertiary/aromatic N) is 1. The second kappa shape index (κ2) is 4.45. The maximum Gasteiger partial charge on any atom is 0.309 e. The van der Waals surface area contributed by atoms with E-state index in [4.69, 9.17) is 10.4 Å². The quantitative estimate of drug-likeness (QED) is 0.737. The van der Waals surface area contributed by atoms with Crippen LogP contribution in [0.4, 0.5) is 0 Å². The van der Waals surface area contributed by atoms with E-state index in [1.165, 1.54) is 0 Å². The van der Waals surface area contributed by atoms with Crippen LogP contribution in [0, 0.1) is 22.2 Å². The van der Waals surface area contributed by atoms with Crippen molar-refractivity contribution in [2.45, 2.75) is 47.0 Å². The summed E-state index contributed by atoms with van der Waals surface area (Å²) in [7, 11) is 0. The molecule has 3 nitrogen and oxygen atoms in total. The van der Waals surface area contributed by atoms with Crippen LogP contribution in [-0.4, -0.2) is 11.1 Å². The molecule has 3 heteroatoms. The van der Waals surface area contributed by atoms with Crippen molar-refractivity contribution in [2.75, 3.05) is 0 Å². The summed E-state index contributed by atoms with van der Waals surface area (Å²) in [6.45, 7) is 7.19. The van der Waals surface area contributed by atoms with Crippen LogP contribution in [0.25, 0.3) is 0 Å².